The zero-order valence-electron chi connectivity index (χ0n) is 6.33. The van der Waals surface area contributed by atoms with Crippen LogP contribution < -0.4 is 5.73 Å². The molecule has 0 aliphatic carbocycles. The summed E-state index contributed by atoms with van der Waals surface area (Å²) in [6, 6.07) is 0. The van der Waals surface area contributed by atoms with Crippen LogP contribution >= 0.6 is 11.6 Å². The van der Waals surface area contributed by atoms with Crippen molar-refractivity contribution in [1.29, 1.82) is 0 Å². The molecule has 2 aromatic rings. The maximum atomic E-state index is 13.1. The molecular formula is C7H4ClFN4. The number of nitrogen functional groups attached to an aromatic ring is 1. The van der Waals surface area contributed by atoms with Gasteiger partial charge in [0.25, 0.3) is 0 Å². The Morgan fingerprint density at radius 3 is 2.85 bits per heavy atom. The van der Waals surface area contributed by atoms with Gasteiger partial charge >= 0.3 is 0 Å². The molecule has 2 N–H and O–H groups in total. The van der Waals surface area contributed by atoms with Gasteiger partial charge in [-0.2, -0.15) is 0 Å². The summed E-state index contributed by atoms with van der Waals surface area (Å²) in [6.45, 7) is 0. The normalized spacial score (nSPS) is 10.6. The third-order valence-electron chi connectivity index (χ3n) is 1.53. The number of pyridine rings is 1. The maximum Gasteiger partial charge on any atom is 0.222 e. The van der Waals surface area contributed by atoms with Crippen LogP contribution in [0.3, 0.4) is 0 Å². The lowest BCUT2D eigenvalue weighted by molar-refractivity contribution is 0.630. The zero-order chi connectivity index (χ0) is 9.42. The molecule has 0 aliphatic heterocycles. The second-order valence-electron chi connectivity index (χ2n) is 2.39. The average molecular weight is 199 g/mol. The lowest BCUT2D eigenvalue weighted by Gasteiger charge is -2.00. The van der Waals surface area contributed by atoms with Crippen LogP contribution in [0.15, 0.2) is 12.4 Å². The van der Waals surface area contributed by atoms with Gasteiger partial charge in [0.1, 0.15) is 10.7 Å². The molecule has 0 radical (unpaired) electrons. The standard InChI is InChI=1S/C7H4ClFN4/c8-6-3-1-11-2-4(9)5(3)12-7(10)13-6/h1-2H,(H2,10,12,13). The van der Waals surface area contributed by atoms with Gasteiger partial charge in [-0.15, -0.1) is 0 Å². The van der Waals surface area contributed by atoms with Crippen molar-refractivity contribution in [1.82, 2.24) is 15.0 Å². The summed E-state index contributed by atoms with van der Waals surface area (Å²) in [5.41, 5.74) is 5.39. The average Bonchev–Trinajstić information content (AvgIpc) is 2.07. The third kappa shape index (κ3) is 1.27. The Labute approximate surface area is 77.6 Å². The molecule has 0 aliphatic rings. The minimum atomic E-state index is -0.562. The molecule has 2 aromatic heterocycles. The predicted molar refractivity (Wildman–Crippen MR) is 46.7 cm³/mol. The first kappa shape index (κ1) is 8.12. The Hall–Kier alpha value is -1.49. The number of nitrogens with two attached hydrogens (primary N) is 1. The molecule has 4 nitrogen and oxygen atoms in total. The lowest BCUT2D eigenvalue weighted by atomic mass is 10.3. The number of halogens is 2. The van der Waals surface area contributed by atoms with E-state index in [1.54, 1.807) is 0 Å². The quantitative estimate of drug-likeness (QED) is 0.650. The number of fused-ring (bicyclic) bond motifs is 1. The van der Waals surface area contributed by atoms with Crippen LogP contribution in [0.5, 0.6) is 0 Å². The fourth-order valence-electron chi connectivity index (χ4n) is 0.993. The van der Waals surface area contributed by atoms with Crippen LogP contribution in [0.2, 0.25) is 5.15 Å². The molecule has 0 fully saturated rings. The molecule has 0 saturated carbocycles. The van der Waals surface area contributed by atoms with E-state index < -0.39 is 5.82 Å². The number of hydrogen-bond donors (Lipinski definition) is 1. The van der Waals surface area contributed by atoms with Crippen molar-refractivity contribution < 1.29 is 4.39 Å². The predicted octanol–water partition coefficient (Wildman–Crippen LogP) is 1.40. The van der Waals surface area contributed by atoms with Crippen molar-refractivity contribution in [3.8, 4) is 0 Å². The van der Waals surface area contributed by atoms with E-state index in [1.165, 1.54) is 6.20 Å². The minimum Gasteiger partial charge on any atom is -0.368 e. The highest BCUT2D eigenvalue weighted by Crippen LogP contribution is 2.21. The highest BCUT2D eigenvalue weighted by atomic mass is 35.5. The minimum absolute atomic E-state index is 0.0531. The molecular weight excluding hydrogens is 195 g/mol. The molecule has 0 atom stereocenters. The van der Waals surface area contributed by atoms with Gasteiger partial charge in [0, 0.05) is 6.20 Å². The molecule has 2 heterocycles. The molecule has 0 saturated heterocycles. The van der Waals surface area contributed by atoms with Crippen molar-refractivity contribution >= 4 is 28.5 Å². The van der Waals surface area contributed by atoms with Gasteiger partial charge in [-0.1, -0.05) is 11.6 Å². The van der Waals surface area contributed by atoms with Crippen LogP contribution in [0.4, 0.5) is 10.3 Å². The van der Waals surface area contributed by atoms with Gasteiger partial charge in [-0.05, 0) is 0 Å². The first-order chi connectivity index (χ1) is 6.18. The lowest BCUT2D eigenvalue weighted by Crippen LogP contribution is -1.97. The molecule has 2 rings (SSSR count). The highest BCUT2D eigenvalue weighted by molar-refractivity contribution is 6.34. The van der Waals surface area contributed by atoms with Crippen molar-refractivity contribution in [3.63, 3.8) is 0 Å². The van der Waals surface area contributed by atoms with Crippen LogP contribution in [0.25, 0.3) is 10.9 Å². The van der Waals surface area contributed by atoms with Crippen molar-refractivity contribution in [2.45, 2.75) is 0 Å². The van der Waals surface area contributed by atoms with Crippen molar-refractivity contribution in [2.75, 3.05) is 5.73 Å². The third-order valence-corrected chi connectivity index (χ3v) is 1.82. The first-order valence-corrected chi connectivity index (χ1v) is 3.78. The largest absolute Gasteiger partial charge is 0.368 e. The topological polar surface area (TPSA) is 64.7 Å². The van der Waals surface area contributed by atoms with E-state index >= 15 is 0 Å². The second kappa shape index (κ2) is 2.77. The van der Waals surface area contributed by atoms with Gasteiger partial charge in [-0.3, -0.25) is 4.98 Å². The van der Waals surface area contributed by atoms with E-state index in [4.69, 9.17) is 17.3 Å². The summed E-state index contributed by atoms with van der Waals surface area (Å²) in [7, 11) is 0. The van der Waals surface area contributed by atoms with Gasteiger partial charge in [0.2, 0.25) is 5.95 Å². The SMILES string of the molecule is Nc1nc(Cl)c2cncc(F)c2n1. The van der Waals surface area contributed by atoms with Gasteiger partial charge in [0.05, 0.1) is 11.6 Å². The maximum absolute atomic E-state index is 13.1. The molecule has 66 valence electrons. The monoisotopic (exact) mass is 198 g/mol. The van der Waals surface area contributed by atoms with E-state index in [-0.39, 0.29) is 16.6 Å². The Morgan fingerprint density at radius 1 is 1.31 bits per heavy atom. The van der Waals surface area contributed by atoms with E-state index in [9.17, 15) is 4.39 Å². The number of nitrogens with zero attached hydrogens (tertiary/aromatic N) is 3. The van der Waals surface area contributed by atoms with Crippen LogP contribution in [-0.2, 0) is 0 Å². The van der Waals surface area contributed by atoms with Crippen LogP contribution in [0.1, 0.15) is 0 Å². The number of aromatic nitrogens is 3. The van der Waals surface area contributed by atoms with Gasteiger partial charge < -0.3 is 5.73 Å². The Bertz CT molecular complexity index is 473. The molecule has 0 amide bonds. The van der Waals surface area contributed by atoms with Crippen LogP contribution in [0, 0.1) is 5.82 Å². The van der Waals surface area contributed by atoms with Crippen LogP contribution in [-0.4, -0.2) is 15.0 Å². The fraction of sp³-hybridized carbons (Fsp3) is 0. The molecule has 0 unspecified atom stereocenters. The van der Waals surface area contributed by atoms with Gasteiger partial charge in [-0.25, -0.2) is 14.4 Å². The molecule has 0 spiro atoms. The van der Waals surface area contributed by atoms with E-state index in [0.29, 0.717) is 5.39 Å². The second-order valence-corrected chi connectivity index (χ2v) is 2.75. The summed E-state index contributed by atoms with van der Waals surface area (Å²) in [6.07, 6.45) is 2.44. The number of anilines is 1. The van der Waals surface area contributed by atoms with E-state index in [1.807, 2.05) is 0 Å². The molecule has 0 aromatic carbocycles. The number of rotatable bonds is 0. The highest BCUT2D eigenvalue weighted by Gasteiger charge is 2.07. The molecule has 13 heavy (non-hydrogen) atoms. The van der Waals surface area contributed by atoms with Crippen molar-refractivity contribution in [3.05, 3.63) is 23.4 Å². The Morgan fingerprint density at radius 2 is 2.08 bits per heavy atom. The van der Waals surface area contributed by atoms with E-state index in [0.717, 1.165) is 6.20 Å². The number of hydrogen-bond acceptors (Lipinski definition) is 4. The summed E-state index contributed by atoms with van der Waals surface area (Å²) in [5, 5.41) is 0.463. The Balaban J connectivity index is 2.94. The summed E-state index contributed by atoms with van der Waals surface area (Å²) >= 11 is 5.70. The summed E-state index contributed by atoms with van der Waals surface area (Å²) < 4.78 is 13.1. The zero-order valence-corrected chi connectivity index (χ0v) is 7.09. The molecule has 0 bridgehead atoms. The summed E-state index contributed by atoms with van der Waals surface area (Å²) in [5.74, 6) is -0.615. The smallest absolute Gasteiger partial charge is 0.222 e. The fourth-order valence-corrected chi connectivity index (χ4v) is 1.22. The Kier molecular flexibility index (Phi) is 1.73. The van der Waals surface area contributed by atoms with Gasteiger partial charge in [0.15, 0.2) is 5.82 Å². The first-order valence-electron chi connectivity index (χ1n) is 3.40. The molecule has 6 heteroatoms. The summed E-state index contributed by atoms with van der Waals surface area (Å²) in [4.78, 5) is 11.0. The van der Waals surface area contributed by atoms with Crippen molar-refractivity contribution in [2.24, 2.45) is 0 Å². The van der Waals surface area contributed by atoms with E-state index in [2.05, 4.69) is 15.0 Å².